The van der Waals surface area contributed by atoms with Gasteiger partial charge in [-0.2, -0.15) is 4.98 Å². The highest BCUT2D eigenvalue weighted by atomic mass is 35.5. The summed E-state index contributed by atoms with van der Waals surface area (Å²) in [6.07, 6.45) is 0. The number of aromatic nitrogens is 4. The summed E-state index contributed by atoms with van der Waals surface area (Å²) in [5.74, 6) is 0.962. The van der Waals surface area contributed by atoms with Gasteiger partial charge in [-0.05, 0) is 49.2 Å². The van der Waals surface area contributed by atoms with Crippen LogP contribution in [-0.4, -0.2) is 25.5 Å². The SMILES string of the molecule is Cc1cc(C)n2nc(SCc3ccccc3C(=O)NCc3ccc(Cl)cc3Cl)nc2n1. The smallest absolute Gasteiger partial charge is 0.253 e. The number of carbonyl (C=O) groups excluding carboxylic acids is 1. The Morgan fingerprint density at radius 1 is 1.06 bits per heavy atom. The average Bonchev–Trinajstić information content (AvgIpc) is 3.15. The molecule has 0 fully saturated rings. The number of amides is 1. The van der Waals surface area contributed by atoms with Gasteiger partial charge in [-0.1, -0.05) is 59.2 Å². The van der Waals surface area contributed by atoms with Crippen LogP contribution in [0.4, 0.5) is 0 Å². The van der Waals surface area contributed by atoms with E-state index in [1.54, 1.807) is 28.8 Å². The van der Waals surface area contributed by atoms with Crippen molar-refractivity contribution in [2.24, 2.45) is 0 Å². The zero-order chi connectivity index (χ0) is 22.0. The van der Waals surface area contributed by atoms with Crippen LogP contribution in [0.25, 0.3) is 5.78 Å². The fraction of sp³-hybridized carbons (Fsp3) is 0.182. The van der Waals surface area contributed by atoms with Gasteiger partial charge in [0.05, 0.1) is 0 Å². The normalized spacial score (nSPS) is 11.1. The molecular weight excluding hydrogens is 453 g/mol. The lowest BCUT2D eigenvalue weighted by Crippen LogP contribution is -2.24. The number of thioether (sulfide) groups is 1. The monoisotopic (exact) mass is 471 g/mol. The highest BCUT2D eigenvalue weighted by molar-refractivity contribution is 7.98. The number of carbonyl (C=O) groups is 1. The largest absolute Gasteiger partial charge is 0.348 e. The first kappa shape index (κ1) is 21.6. The second-order valence-corrected chi connectivity index (χ2v) is 8.80. The molecule has 9 heteroatoms. The molecule has 0 saturated carbocycles. The van der Waals surface area contributed by atoms with Crippen LogP contribution in [0.5, 0.6) is 0 Å². The summed E-state index contributed by atoms with van der Waals surface area (Å²) < 4.78 is 1.73. The van der Waals surface area contributed by atoms with E-state index in [-0.39, 0.29) is 5.91 Å². The maximum absolute atomic E-state index is 12.8. The molecule has 158 valence electrons. The van der Waals surface area contributed by atoms with Crippen molar-refractivity contribution in [3.63, 3.8) is 0 Å². The predicted octanol–water partition coefficient (Wildman–Crippen LogP) is 5.27. The van der Waals surface area contributed by atoms with Crippen molar-refractivity contribution in [3.05, 3.63) is 86.7 Å². The van der Waals surface area contributed by atoms with E-state index in [4.69, 9.17) is 23.2 Å². The topological polar surface area (TPSA) is 72.2 Å². The summed E-state index contributed by atoms with van der Waals surface area (Å²) >= 11 is 13.6. The average molecular weight is 472 g/mol. The lowest BCUT2D eigenvalue weighted by atomic mass is 10.1. The van der Waals surface area contributed by atoms with Gasteiger partial charge in [-0.15, -0.1) is 5.10 Å². The molecule has 2 heterocycles. The number of benzene rings is 2. The van der Waals surface area contributed by atoms with Gasteiger partial charge in [-0.25, -0.2) is 9.50 Å². The Bertz CT molecular complexity index is 1270. The number of nitrogens with one attached hydrogen (secondary N) is 1. The molecule has 0 bridgehead atoms. The molecule has 6 nitrogen and oxygen atoms in total. The summed E-state index contributed by atoms with van der Waals surface area (Å²) in [6, 6.07) is 14.7. The molecule has 4 rings (SSSR count). The molecule has 0 aliphatic carbocycles. The number of hydrogen-bond donors (Lipinski definition) is 1. The first-order chi connectivity index (χ1) is 14.9. The summed E-state index contributed by atoms with van der Waals surface area (Å²) in [5, 5.41) is 9.14. The minimum Gasteiger partial charge on any atom is -0.348 e. The van der Waals surface area contributed by atoms with E-state index in [0.29, 0.717) is 38.8 Å². The molecule has 0 spiro atoms. The first-order valence-electron chi connectivity index (χ1n) is 9.54. The maximum atomic E-state index is 12.8. The molecule has 0 unspecified atom stereocenters. The van der Waals surface area contributed by atoms with Gasteiger partial charge in [0.25, 0.3) is 11.7 Å². The van der Waals surface area contributed by atoms with Gasteiger partial charge < -0.3 is 5.32 Å². The number of nitrogens with zero attached hydrogens (tertiary/aromatic N) is 4. The molecule has 4 aromatic rings. The number of fused-ring (bicyclic) bond motifs is 1. The Morgan fingerprint density at radius 3 is 2.68 bits per heavy atom. The third kappa shape index (κ3) is 5.01. The number of halogens is 2. The maximum Gasteiger partial charge on any atom is 0.253 e. The van der Waals surface area contributed by atoms with Crippen LogP contribution >= 0.6 is 35.0 Å². The van der Waals surface area contributed by atoms with E-state index >= 15 is 0 Å². The lowest BCUT2D eigenvalue weighted by Gasteiger charge is -2.10. The molecule has 2 aromatic carbocycles. The molecule has 0 saturated heterocycles. The zero-order valence-electron chi connectivity index (χ0n) is 16.9. The molecular formula is C22H19Cl2N5OS. The molecule has 31 heavy (non-hydrogen) atoms. The van der Waals surface area contributed by atoms with Crippen molar-refractivity contribution in [1.82, 2.24) is 24.9 Å². The Kier molecular flexibility index (Phi) is 6.46. The van der Waals surface area contributed by atoms with Crippen LogP contribution in [0.1, 0.15) is 32.9 Å². The Labute approximate surface area is 194 Å². The van der Waals surface area contributed by atoms with Crippen LogP contribution in [0, 0.1) is 13.8 Å². The van der Waals surface area contributed by atoms with Crippen molar-refractivity contribution < 1.29 is 4.79 Å². The van der Waals surface area contributed by atoms with Gasteiger partial charge in [0.15, 0.2) is 0 Å². The minimum absolute atomic E-state index is 0.168. The highest BCUT2D eigenvalue weighted by Crippen LogP contribution is 2.24. The molecule has 0 aliphatic rings. The van der Waals surface area contributed by atoms with Crippen molar-refractivity contribution >= 4 is 46.6 Å². The zero-order valence-corrected chi connectivity index (χ0v) is 19.2. The van der Waals surface area contributed by atoms with Crippen LogP contribution in [0.3, 0.4) is 0 Å². The molecule has 0 aliphatic heterocycles. The van der Waals surface area contributed by atoms with Crippen molar-refractivity contribution in [2.75, 3.05) is 0 Å². The second-order valence-electron chi connectivity index (χ2n) is 7.01. The van der Waals surface area contributed by atoms with Gasteiger partial charge in [0, 0.05) is 39.3 Å². The van der Waals surface area contributed by atoms with Crippen molar-refractivity contribution in [3.8, 4) is 0 Å². The number of rotatable bonds is 6. The lowest BCUT2D eigenvalue weighted by molar-refractivity contribution is 0.0950. The predicted molar refractivity (Wildman–Crippen MR) is 124 cm³/mol. The molecule has 0 atom stereocenters. The van der Waals surface area contributed by atoms with Gasteiger partial charge in [-0.3, -0.25) is 4.79 Å². The van der Waals surface area contributed by atoms with E-state index < -0.39 is 0 Å². The van der Waals surface area contributed by atoms with E-state index in [1.807, 2.05) is 38.1 Å². The first-order valence-corrected chi connectivity index (χ1v) is 11.3. The third-order valence-corrected chi connectivity index (χ3v) is 6.15. The van der Waals surface area contributed by atoms with Gasteiger partial charge in [0.2, 0.25) is 5.16 Å². The van der Waals surface area contributed by atoms with Crippen LogP contribution in [0.15, 0.2) is 53.7 Å². The van der Waals surface area contributed by atoms with E-state index in [2.05, 4.69) is 20.4 Å². The molecule has 1 amide bonds. The molecule has 0 radical (unpaired) electrons. The van der Waals surface area contributed by atoms with E-state index in [1.165, 1.54) is 11.8 Å². The number of aryl methyl sites for hydroxylation is 2. The minimum atomic E-state index is -0.168. The fourth-order valence-corrected chi connectivity index (χ4v) is 4.45. The summed E-state index contributed by atoms with van der Waals surface area (Å²) in [7, 11) is 0. The standard InChI is InChI=1S/C22H19Cl2N5OS/c1-13-9-14(2)29-21(26-13)27-22(28-29)31-12-16-5-3-4-6-18(16)20(30)25-11-15-7-8-17(23)10-19(15)24/h3-10H,11-12H2,1-2H3,(H,25,30). The van der Waals surface area contributed by atoms with Gasteiger partial charge in [0.1, 0.15) is 0 Å². The van der Waals surface area contributed by atoms with Crippen molar-refractivity contribution in [2.45, 2.75) is 31.3 Å². The van der Waals surface area contributed by atoms with Crippen molar-refractivity contribution in [1.29, 1.82) is 0 Å². The van der Waals surface area contributed by atoms with Crippen LogP contribution < -0.4 is 5.32 Å². The number of hydrogen-bond acceptors (Lipinski definition) is 5. The summed E-state index contributed by atoms with van der Waals surface area (Å²) in [4.78, 5) is 21.7. The third-order valence-electron chi connectivity index (χ3n) is 4.67. The van der Waals surface area contributed by atoms with Crippen LogP contribution in [-0.2, 0) is 12.3 Å². The Balaban J connectivity index is 1.47. The highest BCUT2D eigenvalue weighted by Gasteiger charge is 2.14. The quantitative estimate of drug-likeness (QED) is 0.387. The van der Waals surface area contributed by atoms with E-state index in [9.17, 15) is 4.79 Å². The van der Waals surface area contributed by atoms with Gasteiger partial charge >= 0.3 is 0 Å². The van der Waals surface area contributed by atoms with E-state index in [0.717, 1.165) is 22.5 Å². The fourth-order valence-electron chi connectivity index (χ4n) is 3.15. The van der Waals surface area contributed by atoms with Crippen LogP contribution in [0.2, 0.25) is 10.0 Å². The Morgan fingerprint density at radius 2 is 1.87 bits per heavy atom. The molecule has 2 aromatic heterocycles. The summed E-state index contributed by atoms with van der Waals surface area (Å²) in [5.41, 5.74) is 4.18. The Hall–Kier alpha value is -2.61. The molecule has 1 N–H and O–H groups in total. The second kappa shape index (κ2) is 9.26. The summed E-state index contributed by atoms with van der Waals surface area (Å²) in [6.45, 7) is 4.21.